The smallest absolute Gasteiger partial charge is 0.200 e. The van der Waals surface area contributed by atoms with Crippen molar-refractivity contribution < 1.29 is 15.1 Å². The molecule has 0 radical (unpaired) electrons. The molecule has 0 saturated heterocycles. The molecule has 0 atom stereocenters. The van der Waals surface area contributed by atoms with Gasteiger partial charge in [0.1, 0.15) is 4.91 Å². The monoisotopic (exact) mass is 92.0 g/mol. The van der Waals surface area contributed by atoms with Crippen molar-refractivity contribution in [3.05, 3.63) is 4.91 Å². The Labute approximate surface area is 34.8 Å². The number of rotatable bonds is 2. The van der Waals surface area contributed by atoms with E-state index in [1.807, 2.05) is 0 Å². The highest BCUT2D eigenvalue weighted by molar-refractivity contribution is 3.89. The van der Waals surface area contributed by atoms with Crippen LogP contribution in [0.1, 0.15) is 6.92 Å². The highest BCUT2D eigenvalue weighted by atomic mass is 16.9. The van der Waals surface area contributed by atoms with Crippen LogP contribution in [0.15, 0.2) is 0 Å². The molecule has 0 aromatic heterocycles. The second-order valence-electron chi connectivity index (χ2n) is 0.656. The Hall–Kier alpha value is -0.800. The van der Waals surface area contributed by atoms with Gasteiger partial charge in [0.25, 0.3) is 0 Å². The van der Waals surface area contributed by atoms with E-state index in [9.17, 15) is 4.91 Å². The summed E-state index contributed by atoms with van der Waals surface area (Å²) in [6.45, 7) is 1.79. The molecule has 0 fully saturated rings. The van der Waals surface area contributed by atoms with Crippen molar-refractivity contribution in [2.24, 2.45) is 0 Å². The van der Waals surface area contributed by atoms with Crippen LogP contribution in [0, 0.1) is 4.91 Å². The first-order valence-electron chi connectivity index (χ1n) is 1.56. The average molecular weight is 92.1 g/mol. The van der Waals surface area contributed by atoms with Crippen LogP contribution in [0.4, 0.5) is 0 Å². The zero-order valence-corrected chi connectivity index (χ0v) is 3.42. The zero-order chi connectivity index (χ0) is 4.99. The van der Waals surface area contributed by atoms with Crippen LogP contribution in [0.2, 0.25) is 0 Å². The molecule has 4 nitrogen and oxygen atoms in total. The highest BCUT2D eigenvalue weighted by Gasteiger charge is 1.95. The lowest BCUT2D eigenvalue weighted by Gasteiger charge is -1.73. The summed E-state index contributed by atoms with van der Waals surface area (Å²) in [5.74, 6) is 0. The number of nitrogens with zero attached hydrogens (tertiary/aromatic N) is 1. The maximum absolute atomic E-state index is 9.29. The molecule has 0 rings (SSSR count). The van der Waals surface area contributed by atoms with E-state index >= 15 is 0 Å². The van der Waals surface area contributed by atoms with Gasteiger partial charge in [0.15, 0.2) is 6.61 Å². The zero-order valence-electron chi connectivity index (χ0n) is 3.42. The standard InChI is InChI=1S/C2H6NO3/c1-2-6-3(4)5/h2H2,1H3,(H,4,5)/q+1. The molecule has 0 heterocycles. The molecule has 36 valence electrons. The van der Waals surface area contributed by atoms with Gasteiger partial charge in [-0.15, -0.1) is 0 Å². The second-order valence-corrected chi connectivity index (χ2v) is 0.656. The Kier molecular flexibility index (Phi) is 2.11. The van der Waals surface area contributed by atoms with Gasteiger partial charge in [-0.25, -0.2) is 5.21 Å². The summed E-state index contributed by atoms with van der Waals surface area (Å²) in [7, 11) is 0. The van der Waals surface area contributed by atoms with E-state index in [4.69, 9.17) is 5.21 Å². The van der Waals surface area contributed by atoms with Crippen molar-refractivity contribution >= 4 is 0 Å². The second kappa shape index (κ2) is 2.44. The van der Waals surface area contributed by atoms with Crippen LogP contribution >= 0.6 is 0 Å². The van der Waals surface area contributed by atoms with Gasteiger partial charge < -0.3 is 0 Å². The molecular formula is C2H6NO3+. The van der Waals surface area contributed by atoms with Crippen molar-refractivity contribution in [1.82, 2.24) is 0 Å². The van der Waals surface area contributed by atoms with Crippen molar-refractivity contribution in [2.75, 3.05) is 6.61 Å². The van der Waals surface area contributed by atoms with Gasteiger partial charge >= 0.3 is 5.09 Å². The minimum absolute atomic E-state index is 0.194. The van der Waals surface area contributed by atoms with Crippen LogP contribution in [0.5, 0.6) is 0 Å². The molecular weight excluding hydrogens is 86.0 g/mol. The predicted molar refractivity (Wildman–Crippen MR) is 17.0 cm³/mol. The van der Waals surface area contributed by atoms with E-state index < -0.39 is 5.09 Å². The van der Waals surface area contributed by atoms with E-state index in [1.165, 1.54) is 0 Å². The molecule has 0 spiro atoms. The molecule has 0 aliphatic carbocycles. The quantitative estimate of drug-likeness (QED) is 0.491. The van der Waals surface area contributed by atoms with E-state index in [2.05, 4.69) is 4.84 Å². The molecule has 6 heavy (non-hydrogen) atoms. The molecule has 0 unspecified atom stereocenters. The summed E-state index contributed by atoms with van der Waals surface area (Å²) in [5, 5.41) is 7.04. The van der Waals surface area contributed by atoms with Crippen LogP contribution in [-0.4, -0.2) is 16.9 Å². The fourth-order valence-electron chi connectivity index (χ4n) is 0.110. The Morgan fingerprint density at radius 2 is 2.50 bits per heavy atom. The molecule has 4 heteroatoms. The number of hydrogen-bond acceptors (Lipinski definition) is 2. The van der Waals surface area contributed by atoms with Gasteiger partial charge in [0, 0.05) is 0 Å². The molecule has 0 aliphatic heterocycles. The minimum Gasteiger partial charge on any atom is -0.200 e. The molecule has 0 aromatic carbocycles. The maximum atomic E-state index is 9.29. The minimum atomic E-state index is -0.569. The van der Waals surface area contributed by atoms with Gasteiger partial charge in [-0.1, -0.05) is 0 Å². The van der Waals surface area contributed by atoms with Crippen LogP contribution < -0.4 is 0 Å². The average Bonchev–Trinajstić information content (AvgIpc) is 1.35. The summed E-state index contributed by atoms with van der Waals surface area (Å²) in [5.41, 5.74) is 0. The van der Waals surface area contributed by atoms with Crippen LogP contribution in [0.25, 0.3) is 0 Å². The topological polar surface area (TPSA) is 49.5 Å². The van der Waals surface area contributed by atoms with Gasteiger partial charge in [0.05, 0.1) is 0 Å². The summed E-state index contributed by atoms with van der Waals surface area (Å²) in [6.07, 6.45) is 0. The third-order valence-corrected chi connectivity index (χ3v) is 0.240. The van der Waals surface area contributed by atoms with E-state index in [0.717, 1.165) is 0 Å². The maximum Gasteiger partial charge on any atom is 0.475 e. The van der Waals surface area contributed by atoms with Gasteiger partial charge in [0.2, 0.25) is 0 Å². The lowest BCUT2D eigenvalue weighted by molar-refractivity contribution is -0.975. The Balaban J connectivity index is 2.83. The van der Waals surface area contributed by atoms with Gasteiger partial charge in [-0.2, -0.15) is 4.84 Å². The Morgan fingerprint density at radius 1 is 2.00 bits per heavy atom. The summed E-state index contributed by atoms with van der Waals surface area (Å²) >= 11 is 0. The Morgan fingerprint density at radius 3 is 2.50 bits per heavy atom. The Bertz CT molecular complexity index is 52.8. The van der Waals surface area contributed by atoms with Gasteiger partial charge in [-0.05, 0) is 6.92 Å². The molecule has 0 amide bonds. The summed E-state index contributed by atoms with van der Waals surface area (Å²) < 4.78 is 0. The first-order valence-corrected chi connectivity index (χ1v) is 1.56. The van der Waals surface area contributed by atoms with Crippen molar-refractivity contribution in [3.8, 4) is 0 Å². The molecule has 0 aliphatic rings. The lowest BCUT2D eigenvalue weighted by atomic mass is 10.9. The van der Waals surface area contributed by atoms with Crippen molar-refractivity contribution in [2.45, 2.75) is 6.92 Å². The largest absolute Gasteiger partial charge is 0.475 e. The first kappa shape index (κ1) is 5.20. The molecule has 0 aromatic rings. The normalized spacial score (nSPS) is 7.50. The molecule has 1 N–H and O–H groups in total. The predicted octanol–water partition coefficient (Wildman–Crippen LogP) is 0.106. The van der Waals surface area contributed by atoms with Crippen molar-refractivity contribution in [3.63, 3.8) is 0 Å². The molecule has 0 saturated carbocycles. The first-order chi connectivity index (χ1) is 2.77. The van der Waals surface area contributed by atoms with Gasteiger partial charge in [-0.3, -0.25) is 0 Å². The van der Waals surface area contributed by atoms with E-state index in [0.29, 0.717) is 0 Å². The molecule has 0 bridgehead atoms. The summed E-state index contributed by atoms with van der Waals surface area (Å²) in [4.78, 5) is 13.2. The third kappa shape index (κ3) is 3.20. The van der Waals surface area contributed by atoms with E-state index in [-0.39, 0.29) is 6.61 Å². The highest BCUT2D eigenvalue weighted by Crippen LogP contribution is 1.65. The fourth-order valence-corrected chi connectivity index (χ4v) is 0.110. The number of hydrogen-bond donors (Lipinski definition) is 1. The lowest BCUT2D eigenvalue weighted by Crippen LogP contribution is -2.01. The van der Waals surface area contributed by atoms with Crippen molar-refractivity contribution in [1.29, 1.82) is 0 Å². The third-order valence-electron chi connectivity index (χ3n) is 0.240. The van der Waals surface area contributed by atoms with Crippen LogP contribution in [-0.2, 0) is 4.84 Å². The summed E-state index contributed by atoms with van der Waals surface area (Å²) in [6, 6.07) is 0. The fraction of sp³-hybridized carbons (Fsp3) is 1.00. The van der Waals surface area contributed by atoms with E-state index in [1.54, 1.807) is 6.92 Å². The van der Waals surface area contributed by atoms with Crippen LogP contribution in [0.3, 0.4) is 0 Å². The SMILES string of the molecule is CCO[N+](=O)O.